The Kier molecular flexibility index (Phi) is 3.47. The van der Waals surface area contributed by atoms with Crippen LogP contribution in [0.2, 0.25) is 0 Å². The van der Waals surface area contributed by atoms with Gasteiger partial charge in [0.25, 0.3) is 5.91 Å². The maximum atomic E-state index is 12.1. The van der Waals surface area contributed by atoms with E-state index >= 15 is 0 Å². The van der Waals surface area contributed by atoms with Crippen LogP contribution in [-0.2, 0) is 12.8 Å². The van der Waals surface area contributed by atoms with Crippen molar-refractivity contribution in [3.05, 3.63) is 45.6 Å². The van der Waals surface area contributed by atoms with Gasteiger partial charge in [-0.25, -0.2) is 4.79 Å². The summed E-state index contributed by atoms with van der Waals surface area (Å²) in [5, 5.41) is 2.73. The lowest BCUT2D eigenvalue weighted by atomic mass is 9.93. The molecular formula is C16H19NO3. The highest BCUT2D eigenvalue weighted by molar-refractivity contribution is 5.98. The molecule has 1 aliphatic carbocycles. The molecule has 0 spiro atoms. The normalized spacial score (nSPS) is 19.0. The lowest BCUT2D eigenvalue weighted by Gasteiger charge is -2.20. The molecule has 106 valence electrons. The quantitative estimate of drug-likeness (QED) is 0.920. The van der Waals surface area contributed by atoms with Crippen LogP contribution < -0.4 is 10.9 Å². The summed E-state index contributed by atoms with van der Waals surface area (Å²) in [7, 11) is 0. The molecule has 0 saturated heterocycles. The van der Waals surface area contributed by atoms with Gasteiger partial charge in [-0.3, -0.25) is 4.79 Å². The highest BCUT2D eigenvalue weighted by atomic mass is 16.4. The molecule has 1 fully saturated rings. The Morgan fingerprint density at radius 2 is 2.05 bits per heavy atom. The summed E-state index contributed by atoms with van der Waals surface area (Å²) in [5.74, 6) is 1.01. The van der Waals surface area contributed by atoms with E-state index < -0.39 is 0 Å². The standard InChI is InChI=1S/C16H19NO3/c1-10-8-13-15(16(19)17-10)12(9-14(18)20-13)7-6-11-4-2-3-5-11/h9,11H,1-8H2,(H,17,19). The molecule has 0 aromatic carbocycles. The molecule has 4 nitrogen and oxygen atoms in total. The van der Waals surface area contributed by atoms with Gasteiger partial charge >= 0.3 is 5.63 Å². The smallest absolute Gasteiger partial charge is 0.336 e. The zero-order valence-corrected chi connectivity index (χ0v) is 11.5. The van der Waals surface area contributed by atoms with Gasteiger partial charge < -0.3 is 9.73 Å². The van der Waals surface area contributed by atoms with E-state index in [2.05, 4.69) is 11.9 Å². The summed E-state index contributed by atoms with van der Waals surface area (Å²) >= 11 is 0. The summed E-state index contributed by atoms with van der Waals surface area (Å²) in [6.07, 6.45) is 7.38. The van der Waals surface area contributed by atoms with E-state index in [0.29, 0.717) is 23.4 Å². The van der Waals surface area contributed by atoms with Crippen molar-refractivity contribution in [2.45, 2.75) is 44.9 Å². The fraction of sp³-hybridized carbons (Fsp3) is 0.500. The second-order valence-corrected chi connectivity index (χ2v) is 5.81. The topological polar surface area (TPSA) is 59.3 Å². The van der Waals surface area contributed by atoms with Crippen LogP contribution in [0.3, 0.4) is 0 Å². The third kappa shape index (κ3) is 2.55. The van der Waals surface area contributed by atoms with Crippen molar-refractivity contribution in [2.75, 3.05) is 0 Å². The predicted octanol–water partition coefficient (Wildman–Crippen LogP) is 2.56. The zero-order chi connectivity index (χ0) is 14.1. The number of hydrogen-bond acceptors (Lipinski definition) is 3. The number of nitrogens with one attached hydrogen (secondary N) is 1. The first-order chi connectivity index (χ1) is 9.63. The molecule has 1 aromatic heterocycles. The van der Waals surface area contributed by atoms with Crippen LogP contribution in [0.15, 0.2) is 27.6 Å². The third-order valence-electron chi connectivity index (χ3n) is 4.30. The molecular weight excluding hydrogens is 254 g/mol. The number of aryl methyl sites for hydroxylation is 1. The number of amides is 1. The van der Waals surface area contributed by atoms with Crippen molar-refractivity contribution in [3.8, 4) is 0 Å². The molecule has 2 heterocycles. The minimum atomic E-state index is -0.368. The number of fused-ring (bicyclic) bond motifs is 1. The minimum Gasteiger partial charge on any atom is -0.427 e. The van der Waals surface area contributed by atoms with Crippen molar-refractivity contribution in [3.63, 3.8) is 0 Å². The Morgan fingerprint density at radius 1 is 1.30 bits per heavy atom. The Bertz CT molecular complexity index is 609. The van der Waals surface area contributed by atoms with E-state index in [9.17, 15) is 9.59 Å². The molecule has 0 radical (unpaired) electrons. The van der Waals surface area contributed by atoms with Gasteiger partial charge in [0.2, 0.25) is 0 Å². The molecule has 20 heavy (non-hydrogen) atoms. The Balaban J connectivity index is 1.88. The predicted molar refractivity (Wildman–Crippen MR) is 75.6 cm³/mol. The zero-order valence-electron chi connectivity index (χ0n) is 11.5. The maximum Gasteiger partial charge on any atom is 0.336 e. The molecule has 1 saturated carbocycles. The first-order valence-electron chi connectivity index (χ1n) is 7.28. The van der Waals surface area contributed by atoms with E-state index in [1.165, 1.54) is 31.7 Å². The van der Waals surface area contributed by atoms with Crippen LogP contribution in [0.25, 0.3) is 0 Å². The largest absolute Gasteiger partial charge is 0.427 e. The van der Waals surface area contributed by atoms with E-state index in [0.717, 1.165) is 24.3 Å². The lowest BCUT2D eigenvalue weighted by Crippen LogP contribution is -2.32. The van der Waals surface area contributed by atoms with Gasteiger partial charge in [0.1, 0.15) is 5.76 Å². The highest BCUT2D eigenvalue weighted by Gasteiger charge is 2.26. The van der Waals surface area contributed by atoms with Crippen molar-refractivity contribution in [1.29, 1.82) is 0 Å². The first-order valence-corrected chi connectivity index (χ1v) is 7.28. The summed E-state index contributed by atoms with van der Waals surface area (Å²) in [6, 6.07) is 1.47. The van der Waals surface area contributed by atoms with Gasteiger partial charge in [-0.15, -0.1) is 0 Å². The highest BCUT2D eigenvalue weighted by Crippen LogP contribution is 2.30. The number of hydrogen-bond donors (Lipinski definition) is 1. The van der Waals surface area contributed by atoms with Gasteiger partial charge in [0, 0.05) is 18.2 Å². The van der Waals surface area contributed by atoms with Gasteiger partial charge in [-0.1, -0.05) is 32.3 Å². The average Bonchev–Trinajstić information content (AvgIpc) is 2.87. The Morgan fingerprint density at radius 3 is 2.80 bits per heavy atom. The fourth-order valence-corrected chi connectivity index (χ4v) is 3.31. The SMILES string of the molecule is C=C1Cc2oc(=O)cc(CCC3CCCC3)c2C(=O)N1. The molecule has 1 amide bonds. The van der Waals surface area contributed by atoms with E-state index in [1.807, 2.05) is 0 Å². The summed E-state index contributed by atoms with van der Waals surface area (Å²) in [4.78, 5) is 23.7. The van der Waals surface area contributed by atoms with Crippen molar-refractivity contribution in [2.24, 2.45) is 5.92 Å². The van der Waals surface area contributed by atoms with Gasteiger partial charge in [-0.05, 0) is 24.3 Å². The molecule has 2 aliphatic rings. The Hall–Kier alpha value is -1.84. The second-order valence-electron chi connectivity index (χ2n) is 5.81. The van der Waals surface area contributed by atoms with E-state index in [1.54, 1.807) is 0 Å². The first kappa shape index (κ1) is 13.2. The summed E-state index contributed by atoms with van der Waals surface area (Å²) in [6.45, 7) is 3.74. The molecule has 1 aromatic rings. The second kappa shape index (κ2) is 5.27. The summed E-state index contributed by atoms with van der Waals surface area (Å²) in [5.41, 5.74) is 1.59. The van der Waals surface area contributed by atoms with Gasteiger partial charge in [-0.2, -0.15) is 0 Å². The molecule has 1 aliphatic heterocycles. The molecule has 0 atom stereocenters. The van der Waals surface area contributed by atoms with Crippen LogP contribution in [0.4, 0.5) is 0 Å². The number of allylic oxidation sites excluding steroid dienone is 1. The van der Waals surface area contributed by atoms with Crippen LogP contribution in [0.5, 0.6) is 0 Å². The number of carbonyl (C=O) groups excluding carboxylic acids is 1. The van der Waals surface area contributed by atoms with Crippen LogP contribution in [-0.4, -0.2) is 5.91 Å². The number of carbonyl (C=O) groups is 1. The maximum absolute atomic E-state index is 12.1. The van der Waals surface area contributed by atoms with Crippen LogP contribution >= 0.6 is 0 Å². The number of rotatable bonds is 3. The van der Waals surface area contributed by atoms with Gasteiger partial charge in [0.15, 0.2) is 0 Å². The van der Waals surface area contributed by atoms with E-state index in [4.69, 9.17) is 4.42 Å². The summed E-state index contributed by atoms with van der Waals surface area (Å²) < 4.78 is 5.18. The third-order valence-corrected chi connectivity index (χ3v) is 4.30. The molecule has 4 heteroatoms. The van der Waals surface area contributed by atoms with Gasteiger partial charge in [0.05, 0.1) is 5.56 Å². The Labute approximate surface area is 117 Å². The van der Waals surface area contributed by atoms with Crippen molar-refractivity contribution < 1.29 is 9.21 Å². The van der Waals surface area contributed by atoms with Crippen molar-refractivity contribution >= 4 is 5.91 Å². The van der Waals surface area contributed by atoms with Crippen LogP contribution in [0, 0.1) is 5.92 Å². The minimum absolute atomic E-state index is 0.193. The van der Waals surface area contributed by atoms with E-state index in [-0.39, 0.29) is 11.5 Å². The van der Waals surface area contributed by atoms with Crippen LogP contribution in [0.1, 0.15) is 53.8 Å². The fourth-order valence-electron chi connectivity index (χ4n) is 3.31. The average molecular weight is 273 g/mol. The lowest BCUT2D eigenvalue weighted by molar-refractivity contribution is 0.0952. The van der Waals surface area contributed by atoms with Crippen molar-refractivity contribution in [1.82, 2.24) is 5.32 Å². The molecule has 3 rings (SSSR count). The molecule has 0 bridgehead atoms. The molecule has 0 unspecified atom stereocenters. The molecule has 1 N–H and O–H groups in total. The monoisotopic (exact) mass is 273 g/mol.